The Morgan fingerprint density at radius 1 is 1.48 bits per heavy atom. The minimum Gasteiger partial charge on any atom is -0.366 e. The molecule has 1 aromatic rings. The number of rotatable bonds is 4. The summed E-state index contributed by atoms with van der Waals surface area (Å²) in [5.41, 5.74) is 5.61. The van der Waals surface area contributed by atoms with E-state index in [4.69, 9.17) is 5.73 Å². The van der Waals surface area contributed by atoms with Gasteiger partial charge in [0.05, 0.1) is 0 Å². The molecule has 0 aromatic carbocycles. The lowest BCUT2D eigenvalue weighted by atomic mass is 10.0. The molecular formula is C15H22N4O2. The Kier molecular flexibility index (Phi) is 4.77. The molecule has 1 aromatic heterocycles. The van der Waals surface area contributed by atoms with Crippen molar-refractivity contribution in [3.63, 3.8) is 0 Å². The molecule has 0 aliphatic carbocycles. The monoisotopic (exact) mass is 290 g/mol. The van der Waals surface area contributed by atoms with Gasteiger partial charge < -0.3 is 16.0 Å². The molecule has 0 radical (unpaired) electrons. The van der Waals surface area contributed by atoms with E-state index in [1.807, 2.05) is 11.8 Å². The second-order valence-electron chi connectivity index (χ2n) is 5.54. The average molecular weight is 290 g/mol. The van der Waals surface area contributed by atoms with Crippen LogP contribution >= 0.6 is 0 Å². The summed E-state index contributed by atoms with van der Waals surface area (Å²) in [6.07, 6.45) is 4.78. The molecule has 6 nitrogen and oxygen atoms in total. The standard InChI is InChI=1S/C15H22N4O2/c1-10-5-3-4-8-19(10)15(21)11(2)18-13-9-12(14(16)20)6-7-17-13/h6-7,9-11H,3-5,8H2,1-2H3,(H2,16,20)(H,17,18)/t10-,11-/m0/s1. The number of nitrogens with two attached hydrogens (primary N) is 1. The fraction of sp³-hybridized carbons (Fsp3) is 0.533. The number of pyridine rings is 1. The maximum Gasteiger partial charge on any atom is 0.248 e. The first kappa shape index (κ1) is 15.3. The second-order valence-corrected chi connectivity index (χ2v) is 5.54. The van der Waals surface area contributed by atoms with Crippen LogP contribution in [-0.2, 0) is 4.79 Å². The summed E-state index contributed by atoms with van der Waals surface area (Å²) in [5.74, 6) is 0.0365. The molecule has 1 fully saturated rings. The molecule has 3 N–H and O–H groups in total. The number of amides is 2. The van der Waals surface area contributed by atoms with Gasteiger partial charge in [-0.25, -0.2) is 4.98 Å². The van der Waals surface area contributed by atoms with Crippen molar-refractivity contribution < 1.29 is 9.59 Å². The van der Waals surface area contributed by atoms with E-state index in [1.165, 1.54) is 12.6 Å². The lowest BCUT2D eigenvalue weighted by Gasteiger charge is -2.35. The number of anilines is 1. The molecule has 0 spiro atoms. The van der Waals surface area contributed by atoms with E-state index in [9.17, 15) is 9.59 Å². The summed E-state index contributed by atoms with van der Waals surface area (Å²) in [5, 5.41) is 3.04. The summed E-state index contributed by atoms with van der Waals surface area (Å²) in [7, 11) is 0. The van der Waals surface area contributed by atoms with Crippen LogP contribution in [0.3, 0.4) is 0 Å². The first-order valence-corrected chi connectivity index (χ1v) is 7.32. The predicted molar refractivity (Wildman–Crippen MR) is 80.9 cm³/mol. The zero-order chi connectivity index (χ0) is 15.4. The Labute approximate surface area is 124 Å². The Balaban J connectivity index is 2.03. The van der Waals surface area contributed by atoms with Crippen LogP contribution in [0.15, 0.2) is 18.3 Å². The maximum absolute atomic E-state index is 12.5. The van der Waals surface area contributed by atoms with Crippen LogP contribution in [0.1, 0.15) is 43.5 Å². The molecule has 0 bridgehead atoms. The van der Waals surface area contributed by atoms with Crippen LogP contribution in [0.2, 0.25) is 0 Å². The zero-order valence-electron chi connectivity index (χ0n) is 12.5. The summed E-state index contributed by atoms with van der Waals surface area (Å²) in [4.78, 5) is 29.7. The third-order valence-corrected chi connectivity index (χ3v) is 3.87. The lowest BCUT2D eigenvalue weighted by Crippen LogP contribution is -2.48. The molecule has 21 heavy (non-hydrogen) atoms. The third-order valence-electron chi connectivity index (χ3n) is 3.87. The van der Waals surface area contributed by atoms with E-state index in [-0.39, 0.29) is 18.0 Å². The highest BCUT2D eigenvalue weighted by molar-refractivity contribution is 5.93. The van der Waals surface area contributed by atoms with Crippen LogP contribution in [0.4, 0.5) is 5.82 Å². The molecule has 0 unspecified atom stereocenters. The normalized spacial score (nSPS) is 19.9. The van der Waals surface area contributed by atoms with Gasteiger partial charge in [-0.1, -0.05) is 0 Å². The van der Waals surface area contributed by atoms with Gasteiger partial charge in [-0.05, 0) is 45.2 Å². The molecule has 2 rings (SSSR count). The number of likely N-dealkylation sites (tertiary alicyclic amines) is 1. The van der Waals surface area contributed by atoms with Crippen molar-refractivity contribution in [1.82, 2.24) is 9.88 Å². The number of carbonyl (C=O) groups excluding carboxylic acids is 2. The van der Waals surface area contributed by atoms with Crippen molar-refractivity contribution >= 4 is 17.6 Å². The maximum atomic E-state index is 12.5. The van der Waals surface area contributed by atoms with Gasteiger partial charge in [-0.15, -0.1) is 0 Å². The quantitative estimate of drug-likeness (QED) is 0.877. The summed E-state index contributed by atoms with van der Waals surface area (Å²) < 4.78 is 0. The number of primary amides is 1. The highest BCUT2D eigenvalue weighted by atomic mass is 16.2. The van der Waals surface area contributed by atoms with E-state index in [2.05, 4.69) is 17.2 Å². The van der Waals surface area contributed by atoms with Gasteiger partial charge in [-0.3, -0.25) is 9.59 Å². The molecule has 1 aliphatic rings. The molecule has 114 valence electrons. The Hall–Kier alpha value is -2.11. The predicted octanol–water partition coefficient (Wildman–Crippen LogP) is 1.38. The minimum atomic E-state index is -0.510. The number of carbonyl (C=O) groups is 2. The number of piperidine rings is 1. The Morgan fingerprint density at radius 2 is 2.24 bits per heavy atom. The largest absolute Gasteiger partial charge is 0.366 e. The average Bonchev–Trinajstić information content (AvgIpc) is 2.47. The number of nitrogens with zero attached hydrogens (tertiary/aromatic N) is 2. The fourth-order valence-corrected chi connectivity index (χ4v) is 2.62. The van der Waals surface area contributed by atoms with Crippen molar-refractivity contribution in [2.24, 2.45) is 5.73 Å². The van der Waals surface area contributed by atoms with Gasteiger partial charge in [0.25, 0.3) is 0 Å². The SMILES string of the molecule is C[C@H](Nc1cc(C(N)=O)ccn1)C(=O)N1CCCC[C@@H]1C. The first-order chi connectivity index (χ1) is 9.99. The van der Waals surface area contributed by atoms with Crippen molar-refractivity contribution in [3.8, 4) is 0 Å². The molecule has 2 atom stereocenters. The second kappa shape index (κ2) is 6.56. The van der Waals surface area contributed by atoms with E-state index in [0.717, 1.165) is 19.4 Å². The first-order valence-electron chi connectivity index (χ1n) is 7.32. The highest BCUT2D eigenvalue weighted by Gasteiger charge is 2.27. The van der Waals surface area contributed by atoms with Crippen LogP contribution in [-0.4, -0.2) is 40.3 Å². The number of hydrogen-bond acceptors (Lipinski definition) is 4. The minimum absolute atomic E-state index is 0.0634. The van der Waals surface area contributed by atoms with Gasteiger partial charge in [0.1, 0.15) is 11.9 Å². The van der Waals surface area contributed by atoms with Crippen molar-refractivity contribution in [3.05, 3.63) is 23.9 Å². The van der Waals surface area contributed by atoms with E-state index < -0.39 is 5.91 Å². The molecule has 2 amide bonds. The molecule has 1 saturated heterocycles. The van der Waals surface area contributed by atoms with Gasteiger partial charge in [0.15, 0.2) is 0 Å². The van der Waals surface area contributed by atoms with Gasteiger partial charge in [0.2, 0.25) is 11.8 Å². The fourth-order valence-electron chi connectivity index (χ4n) is 2.62. The van der Waals surface area contributed by atoms with E-state index >= 15 is 0 Å². The molecule has 6 heteroatoms. The number of nitrogens with one attached hydrogen (secondary N) is 1. The van der Waals surface area contributed by atoms with Gasteiger partial charge >= 0.3 is 0 Å². The van der Waals surface area contributed by atoms with Crippen molar-refractivity contribution in [1.29, 1.82) is 0 Å². The topological polar surface area (TPSA) is 88.3 Å². The molecule has 1 aliphatic heterocycles. The van der Waals surface area contributed by atoms with Crippen LogP contribution in [0.25, 0.3) is 0 Å². The third kappa shape index (κ3) is 3.71. The van der Waals surface area contributed by atoms with E-state index in [1.54, 1.807) is 12.1 Å². The Morgan fingerprint density at radius 3 is 2.90 bits per heavy atom. The lowest BCUT2D eigenvalue weighted by molar-refractivity contribution is -0.134. The van der Waals surface area contributed by atoms with E-state index in [0.29, 0.717) is 11.4 Å². The summed E-state index contributed by atoms with van der Waals surface area (Å²) >= 11 is 0. The van der Waals surface area contributed by atoms with Crippen molar-refractivity contribution in [2.75, 3.05) is 11.9 Å². The highest BCUT2D eigenvalue weighted by Crippen LogP contribution is 2.18. The zero-order valence-corrected chi connectivity index (χ0v) is 12.5. The van der Waals surface area contributed by atoms with Gasteiger partial charge in [-0.2, -0.15) is 0 Å². The number of aromatic nitrogens is 1. The summed E-state index contributed by atoms with van der Waals surface area (Å²) in [6, 6.07) is 3.00. The Bertz CT molecular complexity index is 532. The molecular weight excluding hydrogens is 268 g/mol. The smallest absolute Gasteiger partial charge is 0.248 e. The molecule has 0 saturated carbocycles. The summed E-state index contributed by atoms with van der Waals surface area (Å²) in [6.45, 7) is 4.69. The van der Waals surface area contributed by atoms with Crippen LogP contribution < -0.4 is 11.1 Å². The van der Waals surface area contributed by atoms with Crippen LogP contribution in [0, 0.1) is 0 Å². The number of hydrogen-bond donors (Lipinski definition) is 2. The van der Waals surface area contributed by atoms with Gasteiger partial charge in [0, 0.05) is 24.3 Å². The molecule has 2 heterocycles. The van der Waals surface area contributed by atoms with Crippen LogP contribution in [0.5, 0.6) is 0 Å². The van der Waals surface area contributed by atoms with Crippen molar-refractivity contribution in [2.45, 2.75) is 45.2 Å².